The molecule has 1 heterocycles. The molecule has 2 N–H and O–H groups in total. The molecule has 0 atom stereocenters. The maximum absolute atomic E-state index is 5.62. The van der Waals surface area contributed by atoms with Crippen LogP contribution in [0.15, 0.2) is 29.5 Å². The highest BCUT2D eigenvalue weighted by Gasteiger charge is 1.93. The maximum atomic E-state index is 5.62. The molecular weight excluding hydrogens is 174 g/mol. The second kappa shape index (κ2) is 5.55. The van der Waals surface area contributed by atoms with E-state index in [0.717, 1.165) is 5.56 Å². The van der Waals surface area contributed by atoms with E-state index in [1.807, 2.05) is 19.1 Å². The number of pyridine rings is 1. The van der Waals surface area contributed by atoms with Gasteiger partial charge in [-0.15, -0.1) is 12.4 Å². The molecule has 0 aliphatic heterocycles. The third kappa shape index (κ3) is 2.88. The molecule has 0 spiro atoms. The van der Waals surface area contributed by atoms with Crippen molar-refractivity contribution >= 4 is 18.2 Å². The van der Waals surface area contributed by atoms with Crippen molar-refractivity contribution in [3.05, 3.63) is 30.1 Å². The average molecular weight is 186 g/mol. The first-order chi connectivity index (χ1) is 5.34. The lowest BCUT2D eigenvalue weighted by molar-refractivity contribution is 1.12. The van der Waals surface area contributed by atoms with E-state index in [9.17, 15) is 0 Å². The smallest absolute Gasteiger partial charge is 0.127 e. The summed E-state index contributed by atoms with van der Waals surface area (Å²) in [5, 5.41) is 0. The third-order valence-electron chi connectivity index (χ3n) is 1.29. The Hall–Kier alpha value is -1.09. The predicted molar refractivity (Wildman–Crippen MR) is 52.8 cm³/mol. The van der Waals surface area contributed by atoms with Gasteiger partial charge < -0.3 is 5.73 Å². The highest BCUT2D eigenvalue weighted by Crippen LogP contribution is 1.93. The van der Waals surface area contributed by atoms with Crippen molar-refractivity contribution in [3.63, 3.8) is 0 Å². The SMILES string of the molecule is CCN=C(N)c1cccnc1.Cl. The topological polar surface area (TPSA) is 51.3 Å². The number of aliphatic imine (C=N–C) groups is 1. The minimum Gasteiger partial charge on any atom is -0.383 e. The summed E-state index contributed by atoms with van der Waals surface area (Å²) in [5.74, 6) is 0.556. The molecule has 0 aliphatic carbocycles. The van der Waals surface area contributed by atoms with E-state index < -0.39 is 0 Å². The Morgan fingerprint density at radius 3 is 2.92 bits per heavy atom. The van der Waals surface area contributed by atoms with Gasteiger partial charge in [0.05, 0.1) is 0 Å². The highest BCUT2D eigenvalue weighted by molar-refractivity contribution is 5.97. The van der Waals surface area contributed by atoms with Crippen LogP contribution in [0.2, 0.25) is 0 Å². The Bertz CT molecular complexity index is 246. The van der Waals surface area contributed by atoms with Gasteiger partial charge in [0, 0.05) is 24.5 Å². The van der Waals surface area contributed by atoms with Gasteiger partial charge in [0.2, 0.25) is 0 Å². The van der Waals surface area contributed by atoms with Crippen LogP contribution in [-0.2, 0) is 0 Å². The van der Waals surface area contributed by atoms with E-state index in [2.05, 4.69) is 9.98 Å². The van der Waals surface area contributed by atoms with Crippen LogP contribution in [0.4, 0.5) is 0 Å². The monoisotopic (exact) mass is 185 g/mol. The Kier molecular flexibility index (Phi) is 5.04. The van der Waals surface area contributed by atoms with Gasteiger partial charge in [-0.25, -0.2) is 0 Å². The average Bonchev–Trinajstić information content (AvgIpc) is 2.07. The summed E-state index contributed by atoms with van der Waals surface area (Å²) in [5.41, 5.74) is 6.50. The zero-order valence-corrected chi connectivity index (χ0v) is 7.71. The summed E-state index contributed by atoms with van der Waals surface area (Å²) in [6.45, 7) is 2.66. The van der Waals surface area contributed by atoms with Crippen LogP contribution in [0.25, 0.3) is 0 Å². The summed E-state index contributed by atoms with van der Waals surface area (Å²) >= 11 is 0. The molecule has 0 radical (unpaired) electrons. The van der Waals surface area contributed by atoms with E-state index >= 15 is 0 Å². The first-order valence-corrected chi connectivity index (χ1v) is 3.55. The molecule has 4 heteroatoms. The van der Waals surface area contributed by atoms with Gasteiger partial charge in [-0.3, -0.25) is 9.98 Å². The molecule has 0 saturated heterocycles. The van der Waals surface area contributed by atoms with Gasteiger partial charge in [0.1, 0.15) is 5.84 Å². The number of rotatable bonds is 2. The quantitative estimate of drug-likeness (QED) is 0.557. The number of aromatic nitrogens is 1. The predicted octanol–water partition coefficient (Wildman–Crippen LogP) is 1.23. The lowest BCUT2D eigenvalue weighted by atomic mass is 10.3. The van der Waals surface area contributed by atoms with E-state index in [-0.39, 0.29) is 12.4 Å². The minimum absolute atomic E-state index is 0. The molecule has 1 aromatic rings. The summed E-state index contributed by atoms with van der Waals surface area (Å²) in [6, 6.07) is 3.73. The zero-order valence-electron chi connectivity index (χ0n) is 6.90. The summed E-state index contributed by atoms with van der Waals surface area (Å²) in [4.78, 5) is 7.98. The summed E-state index contributed by atoms with van der Waals surface area (Å²) in [6.07, 6.45) is 3.41. The van der Waals surface area contributed by atoms with Crippen molar-refractivity contribution in [2.24, 2.45) is 10.7 Å². The van der Waals surface area contributed by atoms with Gasteiger partial charge in [0.15, 0.2) is 0 Å². The standard InChI is InChI=1S/C8H11N3.ClH/c1-2-11-8(9)7-4-3-5-10-6-7;/h3-6H,2H2,1H3,(H2,9,11);1H. The van der Waals surface area contributed by atoms with Crippen LogP contribution in [0, 0.1) is 0 Å². The van der Waals surface area contributed by atoms with Crippen LogP contribution < -0.4 is 5.73 Å². The number of nitrogens with zero attached hydrogens (tertiary/aromatic N) is 2. The number of hydrogen-bond acceptors (Lipinski definition) is 2. The fraction of sp³-hybridized carbons (Fsp3) is 0.250. The molecule has 3 nitrogen and oxygen atoms in total. The van der Waals surface area contributed by atoms with Crippen molar-refractivity contribution in [1.29, 1.82) is 0 Å². The Balaban J connectivity index is 0.00000121. The normalized spacial score (nSPS) is 10.6. The van der Waals surface area contributed by atoms with Gasteiger partial charge >= 0.3 is 0 Å². The number of halogens is 1. The van der Waals surface area contributed by atoms with Gasteiger partial charge in [-0.1, -0.05) is 0 Å². The lowest BCUT2D eigenvalue weighted by Gasteiger charge is -1.96. The zero-order chi connectivity index (χ0) is 8.10. The Labute approximate surface area is 78.1 Å². The van der Waals surface area contributed by atoms with Crippen LogP contribution in [0.1, 0.15) is 12.5 Å². The molecule has 1 rings (SSSR count). The van der Waals surface area contributed by atoms with Crippen molar-refractivity contribution in [3.8, 4) is 0 Å². The Morgan fingerprint density at radius 1 is 1.67 bits per heavy atom. The van der Waals surface area contributed by atoms with Crippen LogP contribution >= 0.6 is 12.4 Å². The van der Waals surface area contributed by atoms with Crippen LogP contribution in [0.5, 0.6) is 0 Å². The van der Waals surface area contributed by atoms with Gasteiger partial charge in [0.25, 0.3) is 0 Å². The number of nitrogens with two attached hydrogens (primary N) is 1. The van der Waals surface area contributed by atoms with Gasteiger partial charge in [-0.2, -0.15) is 0 Å². The molecule has 0 aliphatic rings. The number of hydrogen-bond donors (Lipinski definition) is 1. The van der Waals surface area contributed by atoms with Gasteiger partial charge in [-0.05, 0) is 19.1 Å². The second-order valence-electron chi connectivity index (χ2n) is 2.10. The first-order valence-electron chi connectivity index (χ1n) is 3.55. The number of amidine groups is 1. The lowest BCUT2D eigenvalue weighted by Crippen LogP contribution is -2.13. The fourth-order valence-electron chi connectivity index (χ4n) is 0.776. The van der Waals surface area contributed by atoms with Crippen molar-refractivity contribution < 1.29 is 0 Å². The van der Waals surface area contributed by atoms with E-state index in [1.165, 1.54) is 0 Å². The molecule has 0 amide bonds. The van der Waals surface area contributed by atoms with E-state index in [1.54, 1.807) is 12.4 Å². The molecule has 66 valence electrons. The molecule has 1 aromatic heterocycles. The molecule has 0 saturated carbocycles. The molecule has 0 aromatic carbocycles. The summed E-state index contributed by atoms with van der Waals surface area (Å²) in [7, 11) is 0. The molecule has 0 fully saturated rings. The molecular formula is C8H12ClN3. The minimum atomic E-state index is 0. The largest absolute Gasteiger partial charge is 0.383 e. The fourth-order valence-corrected chi connectivity index (χ4v) is 0.776. The summed E-state index contributed by atoms with van der Waals surface area (Å²) < 4.78 is 0. The van der Waals surface area contributed by atoms with Crippen LogP contribution in [-0.4, -0.2) is 17.4 Å². The van der Waals surface area contributed by atoms with Crippen molar-refractivity contribution in [2.45, 2.75) is 6.92 Å². The Morgan fingerprint density at radius 2 is 2.42 bits per heavy atom. The first kappa shape index (κ1) is 10.9. The van der Waals surface area contributed by atoms with Crippen LogP contribution in [0.3, 0.4) is 0 Å². The second-order valence-corrected chi connectivity index (χ2v) is 2.10. The van der Waals surface area contributed by atoms with E-state index in [4.69, 9.17) is 5.73 Å². The molecule has 0 unspecified atom stereocenters. The molecule has 0 bridgehead atoms. The van der Waals surface area contributed by atoms with Crippen molar-refractivity contribution in [1.82, 2.24) is 4.98 Å². The maximum Gasteiger partial charge on any atom is 0.127 e. The highest BCUT2D eigenvalue weighted by atomic mass is 35.5. The molecule has 12 heavy (non-hydrogen) atoms. The van der Waals surface area contributed by atoms with Crippen molar-refractivity contribution in [2.75, 3.05) is 6.54 Å². The third-order valence-corrected chi connectivity index (χ3v) is 1.29. The van der Waals surface area contributed by atoms with E-state index in [0.29, 0.717) is 12.4 Å².